The second-order valence-corrected chi connectivity index (χ2v) is 4.77. The van der Waals surface area contributed by atoms with Gasteiger partial charge < -0.3 is 11.5 Å². The first-order valence-electron chi connectivity index (χ1n) is 3.97. The van der Waals surface area contributed by atoms with Crippen LogP contribution in [0.4, 0.5) is 17.1 Å². The molecule has 0 spiro atoms. The Balaban J connectivity index is 3.21. The van der Waals surface area contributed by atoms with E-state index in [1.807, 2.05) is 0 Å². The summed E-state index contributed by atoms with van der Waals surface area (Å²) in [6, 6.07) is 4.90. The molecule has 6 heteroatoms. The van der Waals surface area contributed by atoms with Crippen molar-refractivity contribution in [2.24, 2.45) is 0 Å². The van der Waals surface area contributed by atoms with Crippen molar-refractivity contribution in [2.75, 3.05) is 25.6 Å². The summed E-state index contributed by atoms with van der Waals surface area (Å²) >= 11 is -2.00. The molecule has 0 saturated carbocycles. The van der Waals surface area contributed by atoms with Crippen LogP contribution in [0.15, 0.2) is 18.2 Å². The maximum Gasteiger partial charge on any atom is 0.363 e. The molecular weight excluding hydrogens is 202 g/mol. The van der Waals surface area contributed by atoms with E-state index in [1.54, 1.807) is 32.3 Å². The van der Waals surface area contributed by atoms with Crippen LogP contribution in [0.5, 0.6) is 0 Å². The van der Waals surface area contributed by atoms with E-state index in [-0.39, 0.29) is 3.89 Å². The molecule has 1 rings (SSSR count). The Labute approximate surface area is 85.3 Å². The number of hydrogen-bond acceptors (Lipinski definition) is 3. The van der Waals surface area contributed by atoms with E-state index in [4.69, 9.17) is 16.0 Å². The molecule has 1 atom stereocenters. The third kappa shape index (κ3) is 1.87. The van der Waals surface area contributed by atoms with Crippen molar-refractivity contribution in [2.45, 2.75) is 0 Å². The van der Waals surface area contributed by atoms with Gasteiger partial charge in [0, 0.05) is 12.1 Å². The normalized spacial score (nSPS) is 13.9. The molecule has 0 aliphatic rings. The zero-order chi connectivity index (χ0) is 10.9. The van der Waals surface area contributed by atoms with Crippen molar-refractivity contribution in [3.63, 3.8) is 0 Å². The smallest absolute Gasteiger partial charge is 0.363 e. The van der Waals surface area contributed by atoms with E-state index in [9.17, 15) is 4.21 Å². The number of anilines is 2. The molecule has 0 amide bonds. The Morgan fingerprint density at radius 2 is 1.86 bits per heavy atom. The largest absolute Gasteiger partial charge is 0.397 e. The maximum absolute atomic E-state index is 11.0. The van der Waals surface area contributed by atoms with Gasteiger partial charge in [-0.2, -0.15) is 8.10 Å². The Kier molecular flexibility index (Phi) is 2.79. The predicted octanol–water partition coefficient (Wildman–Crippen LogP) is 0.555. The lowest BCUT2D eigenvalue weighted by molar-refractivity contribution is 0.484. The van der Waals surface area contributed by atoms with E-state index in [0.717, 1.165) is 0 Å². The highest BCUT2D eigenvalue weighted by molar-refractivity contribution is 7.78. The molecule has 78 valence electrons. The molecule has 0 aromatic heterocycles. The molecule has 0 heterocycles. The van der Waals surface area contributed by atoms with Crippen LogP contribution in [-0.2, 0) is 11.3 Å². The minimum absolute atomic E-state index is 0.162. The van der Waals surface area contributed by atoms with Crippen molar-refractivity contribution in [3.05, 3.63) is 18.2 Å². The van der Waals surface area contributed by atoms with Gasteiger partial charge in [0.15, 0.2) is 0 Å². The Hall–Kier alpha value is -1.11. The number of nitrogens with two attached hydrogens (primary N) is 2. The summed E-state index contributed by atoms with van der Waals surface area (Å²) in [5.41, 5.74) is 12.7. The minimum Gasteiger partial charge on any atom is -0.397 e. The van der Waals surface area contributed by atoms with Gasteiger partial charge in [0.25, 0.3) is 0 Å². The second-order valence-electron chi connectivity index (χ2n) is 3.39. The quantitative estimate of drug-likeness (QED) is 0.383. The molecule has 0 aliphatic carbocycles. The first kappa shape index (κ1) is 11.0. The highest BCUT2D eigenvalue weighted by atomic mass is 32.2. The summed E-state index contributed by atoms with van der Waals surface area (Å²) in [6.45, 7) is 0. The van der Waals surface area contributed by atoms with Gasteiger partial charge in [0.05, 0.1) is 25.5 Å². The van der Waals surface area contributed by atoms with E-state index in [0.29, 0.717) is 17.1 Å². The third-order valence-electron chi connectivity index (χ3n) is 2.08. The Morgan fingerprint density at radius 3 is 2.29 bits per heavy atom. The van der Waals surface area contributed by atoms with Crippen molar-refractivity contribution < 1.29 is 8.76 Å². The molecule has 0 bridgehead atoms. The van der Waals surface area contributed by atoms with Gasteiger partial charge in [0.2, 0.25) is 0 Å². The first-order chi connectivity index (χ1) is 6.35. The highest BCUT2D eigenvalue weighted by Gasteiger charge is 2.26. The molecule has 1 aromatic rings. The highest BCUT2D eigenvalue weighted by Crippen LogP contribution is 2.26. The molecule has 0 aliphatic heterocycles. The SMILES string of the molecule is C[N+](C)(c1ccc(N)c(N)c1)S(=O)O. The first-order valence-corrected chi connectivity index (χ1v) is 5.03. The Morgan fingerprint density at radius 1 is 1.29 bits per heavy atom. The number of hydrogen-bond donors (Lipinski definition) is 3. The fourth-order valence-electron chi connectivity index (χ4n) is 0.987. The topological polar surface area (TPSA) is 89.3 Å². The predicted molar refractivity (Wildman–Crippen MR) is 59.7 cm³/mol. The summed E-state index contributed by atoms with van der Waals surface area (Å²) in [5.74, 6) is 0. The monoisotopic (exact) mass is 216 g/mol. The van der Waals surface area contributed by atoms with Crippen LogP contribution < -0.4 is 15.4 Å². The number of nitrogen functional groups attached to an aromatic ring is 2. The van der Waals surface area contributed by atoms with Crippen molar-refractivity contribution in [3.8, 4) is 0 Å². The summed E-state index contributed by atoms with van der Waals surface area (Å²) in [5, 5.41) is 0. The van der Waals surface area contributed by atoms with Crippen molar-refractivity contribution in [1.82, 2.24) is 3.89 Å². The maximum atomic E-state index is 11.0. The summed E-state index contributed by atoms with van der Waals surface area (Å²) in [6.07, 6.45) is 0. The number of rotatable bonds is 2. The molecule has 0 saturated heterocycles. The lowest BCUT2D eigenvalue weighted by Gasteiger charge is -2.23. The van der Waals surface area contributed by atoms with Crippen LogP contribution in [0.3, 0.4) is 0 Å². The van der Waals surface area contributed by atoms with Crippen molar-refractivity contribution >= 4 is 28.3 Å². The summed E-state index contributed by atoms with van der Waals surface area (Å²) in [7, 11) is 3.22. The van der Waals surface area contributed by atoms with Crippen LogP contribution in [0.2, 0.25) is 0 Å². The van der Waals surface area contributed by atoms with Gasteiger partial charge in [-0.1, -0.05) is 0 Å². The number of nitrogens with zero attached hydrogens (tertiary/aromatic N) is 1. The fourth-order valence-corrected chi connectivity index (χ4v) is 1.28. The average Bonchev–Trinajstić information content (AvgIpc) is 2.09. The number of benzene rings is 1. The van der Waals surface area contributed by atoms with Gasteiger partial charge in [-0.25, -0.2) is 0 Å². The zero-order valence-corrected chi connectivity index (χ0v) is 8.91. The van der Waals surface area contributed by atoms with E-state index in [2.05, 4.69) is 0 Å². The molecule has 0 fully saturated rings. The Bertz CT molecular complexity index is 379. The minimum atomic E-state index is -2.00. The van der Waals surface area contributed by atoms with Gasteiger partial charge in [0.1, 0.15) is 5.69 Å². The lowest BCUT2D eigenvalue weighted by atomic mass is 10.2. The number of quaternary nitrogens is 1. The van der Waals surface area contributed by atoms with E-state index < -0.39 is 11.3 Å². The van der Waals surface area contributed by atoms with Gasteiger partial charge in [-0.3, -0.25) is 4.55 Å². The van der Waals surface area contributed by atoms with E-state index >= 15 is 0 Å². The second kappa shape index (κ2) is 3.56. The average molecular weight is 216 g/mol. The summed E-state index contributed by atoms with van der Waals surface area (Å²) in [4.78, 5) is 0. The van der Waals surface area contributed by atoms with Gasteiger partial charge in [-0.15, -0.1) is 0 Å². The fraction of sp³-hybridized carbons (Fsp3) is 0.250. The third-order valence-corrected chi connectivity index (χ3v) is 3.07. The molecule has 0 radical (unpaired) electrons. The summed E-state index contributed by atoms with van der Waals surface area (Å²) < 4.78 is 19.9. The van der Waals surface area contributed by atoms with Gasteiger partial charge >= 0.3 is 11.3 Å². The zero-order valence-electron chi connectivity index (χ0n) is 8.10. The van der Waals surface area contributed by atoms with E-state index in [1.165, 1.54) is 0 Å². The van der Waals surface area contributed by atoms with Crippen LogP contribution >= 0.6 is 0 Å². The lowest BCUT2D eigenvalue weighted by Crippen LogP contribution is -2.41. The molecule has 5 nitrogen and oxygen atoms in total. The standard InChI is InChI=1S/C8H13N3O2S/c1-11(2,14(12)13)6-3-4-7(9)8(10)5-6/h3-5H,9-10H2,1-2H3/p+1. The molecule has 5 N–H and O–H groups in total. The van der Waals surface area contributed by atoms with Crippen LogP contribution in [0, 0.1) is 0 Å². The van der Waals surface area contributed by atoms with Crippen LogP contribution in [-0.4, -0.2) is 22.9 Å². The molecule has 1 aromatic carbocycles. The molecule has 14 heavy (non-hydrogen) atoms. The molecule has 1 unspecified atom stereocenters. The van der Waals surface area contributed by atoms with Gasteiger partial charge in [-0.05, 0) is 6.07 Å². The van der Waals surface area contributed by atoms with Crippen LogP contribution in [0.25, 0.3) is 0 Å². The van der Waals surface area contributed by atoms with Crippen molar-refractivity contribution in [1.29, 1.82) is 0 Å². The molecular formula is C8H14N3O2S+. The van der Waals surface area contributed by atoms with Crippen LogP contribution in [0.1, 0.15) is 0 Å².